The molecule has 1 heterocycles. The average Bonchev–Trinajstić information content (AvgIpc) is 2.66. The van der Waals surface area contributed by atoms with Crippen molar-refractivity contribution < 1.29 is 4.79 Å². The van der Waals surface area contributed by atoms with Gasteiger partial charge in [0.25, 0.3) is 0 Å². The fraction of sp³-hybridized carbons (Fsp3) is 0.350. The van der Waals surface area contributed by atoms with Crippen molar-refractivity contribution in [2.45, 2.75) is 13.0 Å². The van der Waals surface area contributed by atoms with Crippen molar-refractivity contribution in [2.75, 3.05) is 37.6 Å². The highest BCUT2D eigenvalue weighted by molar-refractivity contribution is 6.31. The number of hydrogen-bond donors (Lipinski definition) is 1. The van der Waals surface area contributed by atoms with Crippen molar-refractivity contribution in [1.29, 1.82) is 0 Å². The van der Waals surface area contributed by atoms with Crippen LogP contribution >= 0.6 is 23.2 Å². The molecule has 1 aliphatic heterocycles. The number of hydrogen-bond acceptors (Lipinski definition) is 3. The molecule has 3 rings (SSSR count). The Morgan fingerprint density at radius 1 is 1.04 bits per heavy atom. The Morgan fingerprint density at radius 2 is 1.73 bits per heavy atom. The number of nitrogens with one attached hydrogen (secondary N) is 1. The molecule has 1 fully saturated rings. The minimum atomic E-state index is 0.101. The highest BCUT2D eigenvalue weighted by Gasteiger charge is 2.21. The molecule has 2 aromatic carbocycles. The van der Waals surface area contributed by atoms with Crippen molar-refractivity contribution in [3.8, 4) is 0 Å². The Balaban J connectivity index is 1.47. The fourth-order valence-corrected chi connectivity index (χ4v) is 3.42. The molecule has 1 saturated heterocycles. The Bertz CT molecular complexity index is 743. The van der Waals surface area contributed by atoms with Crippen LogP contribution in [0.3, 0.4) is 0 Å². The van der Waals surface area contributed by atoms with Crippen LogP contribution in [0.5, 0.6) is 0 Å². The monoisotopic (exact) mass is 391 g/mol. The third-order valence-electron chi connectivity index (χ3n) is 4.74. The van der Waals surface area contributed by atoms with Gasteiger partial charge in [-0.3, -0.25) is 4.79 Å². The van der Waals surface area contributed by atoms with E-state index in [1.807, 2.05) is 54.3 Å². The standard InChI is InChI=1S/C20H23Cl2N3O/c1-15(16-5-7-17(21)8-6-16)23-14-20(26)25-11-9-24(10-12-25)19-4-2-3-18(22)13-19/h2-8,13,15,23H,9-12,14H2,1H3/t15-/m0/s1. The summed E-state index contributed by atoms with van der Waals surface area (Å²) >= 11 is 12.0. The van der Waals surface area contributed by atoms with Gasteiger partial charge in [0.1, 0.15) is 0 Å². The van der Waals surface area contributed by atoms with E-state index in [0.717, 1.165) is 47.5 Å². The van der Waals surface area contributed by atoms with Crippen LogP contribution in [-0.4, -0.2) is 43.5 Å². The van der Waals surface area contributed by atoms with Crippen LogP contribution in [-0.2, 0) is 4.79 Å². The van der Waals surface area contributed by atoms with Gasteiger partial charge in [0, 0.05) is 48.0 Å². The number of carbonyl (C=O) groups is 1. The van der Waals surface area contributed by atoms with Gasteiger partial charge in [-0.15, -0.1) is 0 Å². The maximum absolute atomic E-state index is 12.5. The Labute approximate surface area is 164 Å². The van der Waals surface area contributed by atoms with Crippen molar-refractivity contribution in [1.82, 2.24) is 10.2 Å². The largest absolute Gasteiger partial charge is 0.368 e. The topological polar surface area (TPSA) is 35.6 Å². The van der Waals surface area contributed by atoms with Gasteiger partial charge in [0.15, 0.2) is 0 Å². The van der Waals surface area contributed by atoms with Crippen LogP contribution in [0.15, 0.2) is 48.5 Å². The first kappa shape index (κ1) is 19.0. The molecule has 1 aliphatic rings. The van der Waals surface area contributed by atoms with Gasteiger partial charge in [-0.1, -0.05) is 41.4 Å². The molecule has 1 amide bonds. The van der Waals surface area contributed by atoms with E-state index < -0.39 is 0 Å². The third kappa shape index (κ3) is 4.91. The first-order chi connectivity index (χ1) is 12.5. The predicted molar refractivity (Wildman–Crippen MR) is 108 cm³/mol. The van der Waals surface area contributed by atoms with E-state index in [9.17, 15) is 4.79 Å². The molecule has 26 heavy (non-hydrogen) atoms. The summed E-state index contributed by atoms with van der Waals surface area (Å²) in [6.07, 6.45) is 0. The van der Waals surface area contributed by atoms with Gasteiger partial charge in [-0.2, -0.15) is 0 Å². The SMILES string of the molecule is C[C@H](NCC(=O)N1CCN(c2cccc(Cl)c2)CC1)c1ccc(Cl)cc1. The van der Waals surface area contributed by atoms with Crippen molar-refractivity contribution in [3.05, 3.63) is 64.1 Å². The normalized spacial score (nSPS) is 15.8. The highest BCUT2D eigenvalue weighted by Crippen LogP contribution is 2.21. The zero-order chi connectivity index (χ0) is 18.5. The van der Waals surface area contributed by atoms with Crippen LogP contribution in [0.25, 0.3) is 0 Å². The van der Waals surface area contributed by atoms with Crippen LogP contribution in [0.1, 0.15) is 18.5 Å². The van der Waals surface area contributed by atoms with Gasteiger partial charge in [0.05, 0.1) is 6.54 Å². The highest BCUT2D eigenvalue weighted by atomic mass is 35.5. The zero-order valence-electron chi connectivity index (χ0n) is 14.8. The molecular weight excluding hydrogens is 369 g/mol. The van der Waals surface area contributed by atoms with Crippen molar-refractivity contribution in [2.24, 2.45) is 0 Å². The van der Waals surface area contributed by atoms with E-state index in [0.29, 0.717) is 6.54 Å². The second kappa shape index (κ2) is 8.76. The number of amides is 1. The van der Waals surface area contributed by atoms with Gasteiger partial charge in [-0.25, -0.2) is 0 Å². The second-order valence-corrected chi connectivity index (χ2v) is 7.37. The van der Waals surface area contributed by atoms with Gasteiger partial charge in [0.2, 0.25) is 5.91 Å². The quantitative estimate of drug-likeness (QED) is 0.836. The average molecular weight is 392 g/mol. The third-order valence-corrected chi connectivity index (χ3v) is 5.22. The van der Waals surface area contributed by atoms with E-state index >= 15 is 0 Å². The molecule has 0 aliphatic carbocycles. The fourth-order valence-electron chi connectivity index (χ4n) is 3.11. The number of benzene rings is 2. The minimum absolute atomic E-state index is 0.101. The number of nitrogens with zero attached hydrogens (tertiary/aromatic N) is 2. The lowest BCUT2D eigenvalue weighted by atomic mass is 10.1. The summed E-state index contributed by atoms with van der Waals surface area (Å²) in [4.78, 5) is 16.7. The Morgan fingerprint density at radius 3 is 2.38 bits per heavy atom. The van der Waals surface area contributed by atoms with Gasteiger partial charge < -0.3 is 15.1 Å². The molecule has 1 atom stereocenters. The smallest absolute Gasteiger partial charge is 0.236 e. The molecule has 0 spiro atoms. The Kier molecular flexibility index (Phi) is 6.41. The lowest BCUT2D eigenvalue weighted by Gasteiger charge is -2.36. The molecule has 2 aromatic rings. The number of rotatable bonds is 5. The summed E-state index contributed by atoms with van der Waals surface area (Å²) in [6.45, 7) is 5.47. The van der Waals surface area contributed by atoms with E-state index in [1.165, 1.54) is 0 Å². The molecule has 4 nitrogen and oxygen atoms in total. The maximum Gasteiger partial charge on any atom is 0.236 e. The van der Waals surface area contributed by atoms with Crippen LogP contribution < -0.4 is 10.2 Å². The molecule has 0 bridgehead atoms. The first-order valence-corrected chi connectivity index (χ1v) is 9.55. The first-order valence-electron chi connectivity index (χ1n) is 8.80. The summed E-state index contributed by atoms with van der Waals surface area (Å²) in [5.74, 6) is 0.136. The lowest BCUT2D eigenvalue weighted by molar-refractivity contribution is -0.130. The van der Waals surface area contributed by atoms with Crippen molar-refractivity contribution in [3.63, 3.8) is 0 Å². The molecule has 0 unspecified atom stereocenters. The molecule has 0 saturated carbocycles. The van der Waals surface area contributed by atoms with Crippen molar-refractivity contribution >= 4 is 34.8 Å². The predicted octanol–water partition coefficient (Wildman–Crippen LogP) is 3.99. The summed E-state index contributed by atoms with van der Waals surface area (Å²) in [5.41, 5.74) is 2.23. The Hall–Kier alpha value is -1.75. The molecule has 1 N–H and O–H groups in total. The van der Waals surface area contributed by atoms with E-state index in [-0.39, 0.29) is 11.9 Å². The van der Waals surface area contributed by atoms with Crippen LogP contribution in [0.4, 0.5) is 5.69 Å². The number of anilines is 1. The molecule has 0 radical (unpaired) electrons. The second-order valence-electron chi connectivity index (χ2n) is 6.50. The minimum Gasteiger partial charge on any atom is -0.368 e. The summed E-state index contributed by atoms with van der Waals surface area (Å²) in [6, 6.07) is 15.6. The van der Waals surface area contributed by atoms with Crippen LogP contribution in [0.2, 0.25) is 10.0 Å². The summed E-state index contributed by atoms with van der Waals surface area (Å²) in [7, 11) is 0. The number of halogens is 2. The van der Waals surface area contributed by atoms with E-state index in [4.69, 9.17) is 23.2 Å². The molecule has 6 heteroatoms. The van der Waals surface area contributed by atoms with Gasteiger partial charge >= 0.3 is 0 Å². The van der Waals surface area contributed by atoms with E-state index in [2.05, 4.69) is 16.3 Å². The van der Waals surface area contributed by atoms with E-state index in [1.54, 1.807) is 0 Å². The van der Waals surface area contributed by atoms with Gasteiger partial charge in [-0.05, 0) is 42.8 Å². The number of carbonyl (C=O) groups excluding carboxylic acids is 1. The molecular formula is C20H23Cl2N3O. The van der Waals surface area contributed by atoms with Crippen LogP contribution in [0, 0.1) is 0 Å². The number of piperazine rings is 1. The summed E-state index contributed by atoms with van der Waals surface area (Å²) in [5, 5.41) is 4.76. The zero-order valence-corrected chi connectivity index (χ0v) is 16.3. The maximum atomic E-state index is 12.5. The molecule has 138 valence electrons. The lowest BCUT2D eigenvalue weighted by Crippen LogP contribution is -2.51. The molecule has 0 aromatic heterocycles. The summed E-state index contributed by atoms with van der Waals surface area (Å²) < 4.78 is 0.